The molecule has 100 valence electrons. The van der Waals surface area contributed by atoms with E-state index in [4.69, 9.17) is 4.74 Å². The molecule has 1 aliphatic heterocycles. The number of hydrogen-bond acceptors (Lipinski definition) is 5. The Hall–Kier alpha value is -2.76. The maximum atomic E-state index is 11.3. The maximum absolute atomic E-state index is 11.3. The van der Waals surface area contributed by atoms with Crippen LogP contribution in [-0.2, 0) is 4.79 Å². The summed E-state index contributed by atoms with van der Waals surface area (Å²) in [5.41, 5.74) is 2.71. The number of amides is 1. The van der Waals surface area contributed by atoms with Gasteiger partial charge < -0.3 is 10.1 Å². The molecule has 0 bridgehead atoms. The smallest absolute Gasteiger partial charge is 0.262 e. The quantitative estimate of drug-likeness (QED) is 0.837. The van der Waals surface area contributed by atoms with Crippen molar-refractivity contribution in [3.05, 3.63) is 35.8 Å². The molecule has 0 saturated carbocycles. The van der Waals surface area contributed by atoms with Gasteiger partial charge in [-0.3, -0.25) is 9.59 Å². The number of ether oxygens (including phenoxy) is 1. The molecule has 6 heteroatoms. The van der Waals surface area contributed by atoms with E-state index < -0.39 is 0 Å². The third-order valence-electron chi connectivity index (χ3n) is 2.89. The molecule has 0 atom stereocenters. The summed E-state index contributed by atoms with van der Waals surface area (Å²) in [6.45, 7) is 1.82. The van der Waals surface area contributed by atoms with Crippen LogP contribution in [0.4, 0.5) is 5.69 Å². The number of aryl methyl sites for hydroxylation is 1. The van der Waals surface area contributed by atoms with E-state index in [-0.39, 0.29) is 18.3 Å². The molecule has 0 radical (unpaired) electrons. The second-order valence-electron chi connectivity index (χ2n) is 4.42. The Kier molecular flexibility index (Phi) is 2.90. The van der Waals surface area contributed by atoms with Gasteiger partial charge in [-0.15, -0.1) is 0 Å². The predicted octanol–water partition coefficient (Wildman–Crippen LogP) is 1.60. The number of anilines is 1. The number of aromatic nitrogens is 2. The molecule has 1 aromatic heterocycles. The minimum Gasteiger partial charge on any atom is -0.482 e. The first kappa shape index (κ1) is 12.3. The predicted molar refractivity (Wildman–Crippen MR) is 71.7 cm³/mol. The second kappa shape index (κ2) is 4.73. The molecule has 1 aromatic carbocycles. The number of fused-ring (bicyclic) bond motifs is 1. The lowest BCUT2D eigenvalue weighted by molar-refractivity contribution is -0.118. The first-order valence-corrected chi connectivity index (χ1v) is 6.03. The van der Waals surface area contributed by atoms with Crippen molar-refractivity contribution in [1.82, 2.24) is 9.97 Å². The molecule has 0 saturated heterocycles. The number of nitrogens with one attached hydrogen (secondary N) is 1. The first-order valence-electron chi connectivity index (χ1n) is 6.03. The number of benzene rings is 1. The van der Waals surface area contributed by atoms with Gasteiger partial charge in [-0.25, -0.2) is 9.97 Å². The first-order chi connectivity index (χ1) is 9.65. The van der Waals surface area contributed by atoms with Gasteiger partial charge in [0, 0.05) is 11.3 Å². The highest BCUT2D eigenvalue weighted by molar-refractivity contribution is 5.96. The molecule has 2 aromatic rings. The topological polar surface area (TPSA) is 81.2 Å². The molecular formula is C14H11N3O3. The number of nitrogens with zero attached hydrogens (tertiary/aromatic N) is 2. The van der Waals surface area contributed by atoms with E-state index in [1.165, 1.54) is 0 Å². The minimum absolute atomic E-state index is 0.0221. The van der Waals surface area contributed by atoms with Crippen LogP contribution >= 0.6 is 0 Å². The SMILES string of the molecule is Cc1cc(-c2ccc3c(c2)NC(=O)CO3)nc(C=O)n1. The number of rotatable bonds is 2. The third-order valence-corrected chi connectivity index (χ3v) is 2.89. The number of carbonyl (C=O) groups excluding carboxylic acids is 2. The fourth-order valence-electron chi connectivity index (χ4n) is 2.03. The zero-order chi connectivity index (χ0) is 14.1. The second-order valence-corrected chi connectivity index (χ2v) is 4.42. The van der Waals surface area contributed by atoms with Crippen LogP contribution in [0, 0.1) is 6.92 Å². The van der Waals surface area contributed by atoms with Crippen LogP contribution in [0.1, 0.15) is 16.3 Å². The zero-order valence-electron chi connectivity index (χ0n) is 10.7. The minimum atomic E-state index is -0.193. The molecule has 0 spiro atoms. The fourth-order valence-corrected chi connectivity index (χ4v) is 2.03. The van der Waals surface area contributed by atoms with Crippen LogP contribution in [0.3, 0.4) is 0 Å². The fraction of sp³-hybridized carbons (Fsp3) is 0.143. The Labute approximate surface area is 114 Å². The van der Waals surface area contributed by atoms with E-state index >= 15 is 0 Å². The van der Waals surface area contributed by atoms with Crippen LogP contribution in [0.15, 0.2) is 24.3 Å². The van der Waals surface area contributed by atoms with Crippen molar-refractivity contribution in [2.45, 2.75) is 6.92 Å². The van der Waals surface area contributed by atoms with Crippen molar-refractivity contribution in [2.24, 2.45) is 0 Å². The number of carbonyl (C=O) groups is 2. The van der Waals surface area contributed by atoms with Crippen LogP contribution in [0.2, 0.25) is 0 Å². The van der Waals surface area contributed by atoms with Crippen molar-refractivity contribution >= 4 is 17.9 Å². The van der Waals surface area contributed by atoms with E-state index in [1.54, 1.807) is 25.1 Å². The Balaban J connectivity index is 2.06. The highest BCUT2D eigenvalue weighted by atomic mass is 16.5. The van der Waals surface area contributed by atoms with Gasteiger partial charge in [0.2, 0.25) is 0 Å². The molecule has 1 aliphatic rings. The summed E-state index contributed by atoms with van der Waals surface area (Å²) in [5, 5.41) is 2.74. The lowest BCUT2D eigenvalue weighted by Crippen LogP contribution is -2.25. The van der Waals surface area contributed by atoms with Gasteiger partial charge in [0.1, 0.15) is 5.75 Å². The maximum Gasteiger partial charge on any atom is 0.262 e. The van der Waals surface area contributed by atoms with Crippen LogP contribution in [-0.4, -0.2) is 28.8 Å². The van der Waals surface area contributed by atoms with E-state index in [9.17, 15) is 9.59 Å². The van der Waals surface area contributed by atoms with Gasteiger partial charge in [0.25, 0.3) is 5.91 Å². The molecule has 20 heavy (non-hydrogen) atoms. The van der Waals surface area contributed by atoms with E-state index in [2.05, 4.69) is 15.3 Å². The average molecular weight is 269 g/mol. The molecule has 6 nitrogen and oxygen atoms in total. The van der Waals surface area contributed by atoms with E-state index in [0.717, 1.165) is 5.56 Å². The molecule has 0 fully saturated rings. The van der Waals surface area contributed by atoms with Gasteiger partial charge in [0.15, 0.2) is 18.7 Å². The zero-order valence-corrected chi connectivity index (χ0v) is 10.7. The molecule has 0 unspecified atom stereocenters. The average Bonchev–Trinajstić information content (AvgIpc) is 2.45. The van der Waals surface area contributed by atoms with Crippen molar-refractivity contribution in [2.75, 3.05) is 11.9 Å². The molecule has 2 heterocycles. The summed E-state index contributed by atoms with van der Waals surface area (Å²) in [4.78, 5) is 30.3. The Morgan fingerprint density at radius 1 is 1.30 bits per heavy atom. The largest absolute Gasteiger partial charge is 0.482 e. The van der Waals surface area contributed by atoms with Crippen LogP contribution in [0.5, 0.6) is 5.75 Å². The lowest BCUT2D eigenvalue weighted by atomic mass is 10.1. The van der Waals surface area contributed by atoms with Gasteiger partial charge >= 0.3 is 0 Å². The Morgan fingerprint density at radius 3 is 2.95 bits per heavy atom. The Bertz CT molecular complexity index is 713. The van der Waals surface area contributed by atoms with E-state index in [1.807, 2.05) is 6.07 Å². The van der Waals surface area contributed by atoms with Gasteiger partial charge in [-0.2, -0.15) is 0 Å². The highest BCUT2D eigenvalue weighted by Gasteiger charge is 2.16. The van der Waals surface area contributed by atoms with Crippen molar-refractivity contribution in [3.8, 4) is 17.0 Å². The Morgan fingerprint density at radius 2 is 2.15 bits per heavy atom. The summed E-state index contributed by atoms with van der Waals surface area (Å²) < 4.78 is 5.29. The van der Waals surface area contributed by atoms with Gasteiger partial charge in [-0.1, -0.05) is 0 Å². The van der Waals surface area contributed by atoms with Crippen LogP contribution in [0.25, 0.3) is 11.3 Å². The number of aldehydes is 1. The molecule has 1 amide bonds. The number of hydrogen-bond donors (Lipinski definition) is 1. The van der Waals surface area contributed by atoms with Crippen molar-refractivity contribution < 1.29 is 14.3 Å². The van der Waals surface area contributed by atoms with Gasteiger partial charge in [-0.05, 0) is 31.2 Å². The van der Waals surface area contributed by atoms with Crippen LogP contribution < -0.4 is 10.1 Å². The van der Waals surface area contributed by atoms with Crippen molar-refractivity contribution in [3.63, 3.8) is 0 Å². The van der Waals surface area contributed by atoms with Gasteiger partial charge in [0.05, 0.1) is 11.4 Å². The summed E-state index contributed by atoms with van der Waals surface area (Å²) in [6, 6.07) is 7.14. The lowest BCUT2D eigenvalue weighted by Gasteiger charge is -2.18. The summed E-state index contributed by atoms with van der Waals surface area (Å²) in [6.07, 6.45) is 0.611. The molecule has 0 aliphatic carbocycles. The normalized spacial score (nSPS) is 13.2. The standard InChI is InChI=1S/C14H11N3O3/c1-8-4-10(16-13(6-18)15-8)9-2-3-12-11(5-9)17-14(19)7-20-12/h2-6H,7H2,1H3,(H,17,19). The molecule has 1 N–H and O–H groups in total. The summed E-state index contributed by atoms with van der Waals surface area (Å²) >= 11 is 0. The summed E-state index contributed by atoms with van der Waals surface area (Å²) in [7, 11) is 0. The van der Waals surface area contributed by atoms with Crippen molar-refractivity contribution in [1.29, 1.82) is 0 Å². The highest BCUT2D eigenvalue weighted by Crippen LogP contribution is 2.32. The third kappa shape index (κ3) is 2.23. The summed E-state index contributed by atoms with van der Waals surface area (Å²) in [5.74, 6) is 0.565. The van der Waals surface area contributed by atoms with E-state index in [0.29, 0.717) is 29.1 Å². The molecular weight excluding hydrogens is 258 g/mol. The molecule has 3 rings (SSSR count). The monoisotopic (exact) mass is 269 g/mol.